The van der Waals surface area contributed by atoms with Gasteiger partial charge in [-0.2, -0.15) is 0 Å². The molecule has 182 valence electrons. The van der Waals surface area contributed by atoms with Gasteiger partial charge in [-0.15, -0.1) is 0 Å². The fourth-order valence-corrected chi connectivity index (χ4v) is 4.69. The van der Waals surface area contributed by atoms with Gasteiger partial charge in [0.05, 0.1) is 19.8 Å². The molecule has 0 saturated carbocycles. The number of carbonyl (C=O) groups excluding carboxylic acids is 2. The Hall–Kier alpha value is -2.71. The van der Waals surface area contributed by atoms with Crippen molar-refractivity contribution in [1.82, 2.24) is 9.80 Å². The highest BCUT2D eigenvalue weighted by atomic mass is 35.5. The van der Waals surface area contributed by atoms with Gasteiger partial charge in [0.2, 0.25) is 5.91 Å². The van der Waals surface area contributed by atoms with Gasteiger partial charge in [-0.25, -0.2) is 8.78 Å². The number of ether oxygens (including phenoxy) is 2. The van der Waals surface area contributed by atoms with Crippen molar-refractivity contribution in [2.75, 3.05) is 46.0 Å². The van der Waals surface area contributed by atoms with Crippen molar-refractivity contribution in [3.05, 3.63) is 64.7 Å². The molecular formula is C25H27ClF2N2O4. The van der Waals surface area contributed by atoms with Crippen molar-refractivity contribution >= 4 is 23.4 Å². The Kier molecular flexibility index (Phi) is 7.68. The van der Waals surface area contributed by atoms with E-state index in [0.29, 0.717) is 56.5 Å². The van der Waals surface area contributed by atoms with Crippen molar-refractivity contribution in [3.63, 3.8) is 0 Å². The summed E-state index contributed by atoms with van der Waals surface area (Å²) < 4.78 is 40.0. The lowest BCUT2D eigenvalue weighted by molar-refractivity contribution is -0.139. The number of nitrogens with zero attached hydrogens (tertiary/aromatic N) is 2. The van der Waals surface area contributed by atoms with E-state index in [2.05, 4.69) is 0 Å². The Morgan fingerprint density at radius 1 is 1.00 bits per heavy atom. The molecule has 0 aliphatic carbocycles. The normalized spacial score (nSPS) is 20.8. The van der Waals surface area contributed by atoms with Crippen LogP contribution in [0.2, 0.25) is 5.02 Å². The molecule has 1 unspecified atom stereocenters. The first-order chi connectivity index (χ1) is 16.4. The van der Waals surface area contributed by atoms with Gasteiger partial charge in [0.15, 0.2) is 0 Å². The smallest absolute Gasteiger partial charge is 0.259 e. The van der Waals surface area contributed by atoms with Crippen molar-refractivity contribution in [1.29, 1.82) is 0 Å². The van der Waals surface area contributed by atoms with Gasteiger partial charge >= 0.3 is 0 Å². The topological polar surface area (TPSA) is 59.1 Å². The summed E-state index contributed by atoms with van der Waals surface area (Å²) in [5.41, 5.74) is -1.28. The Bertz CT molecular complexity index is 1010. The molecule has 0 bridgehead atoms. The monoisotopic (exact) mass is 492 g/mol. The molecular weight excluding hydrogens is 466 g/mol. The summed E-state index contributed by atoms with van der Waals surface area (Å²) in [4.78, 5) is 29.5. The lowest BCUT2D eigenvalue weighted by atomic mass is 9.77. The van der Waals surface area contributed by atoms with E-state index >= 15 is 0 Å². The molecule has 2 aliphatic rings. The largest absolute Gasteiger partial charge is 0.493 e. The van der Waals surface area contributed by atoms with Gasteiger partial charge in [0, 0.05) is 43.0 Å². The third kappa shape index (κ3) is 5.67. The van der Waals surface area contributed by atoms with E-state index in [0.717, 1.165) is 12.1 Å². The van der Waals surface area contributed by atoms with Gasteiger partial charge in [-0.05, 0) is 49.2 Å². The van der Waals surface area contributed by atoms with Crippen molar-refractivity contribution in [3.8, 4) is 5.75 Å². The molecule has 0 spiro atoms. The van der Waals surface area contributed by atoms with E-state index in [9.17, 15) is 18.4 Å². The highest BCUT2D eigenvalue weighted by Crippen LogP contribution is 2.36. The number of benzene rings is 2. The summed E-state index contributed by atoms with van der Waals surface area (Å²) in [6.45, 7) is 2.67. The Labute approximate surface area is 202 Å². The van der Waals surface area contributed by atoms with Crippen LogP contribution < -0.4 is 4.74 Å². The van der Waals surface area contributed by atoms with Crippen molar-refractivity contribution in [2.45, 2.75) is 19.3 Å². The Morgan fingerprint density at radius 2 is 1.68 bits per heavy atom. The van der Waals surface area contributed by atoms with E-state index in [4.69, 9.17) is 21.1 Å². The molecule has 34 heavy (non-hydrogen) atoms. The van der Waals surface area contributed by atoms with Crippen LogP contribution in [0.25, 0.3) is 0 Å². The summed E-state index contributed by atoms with van der Waals surface area (Å²) in [6.07, 6.45) is 1.38. The molecule has 2 amide bonds. The van der Waals surface area contributed by atoms with Crippen LogP contribution >= 0.6 is 11.6 Å². The molecule has 0 N–H and O–H groups in total. The zero-order valence-corrected chi connectivity index (χ0v) is 19.5. The van der Waals surface area contributed by atoms with Crippen LogP contribution in [0.4, 0.5) is 8.78 Å². The van der Waals surface area contributed by atoms with E-state index in [1.165, 1.54) is 11.0 Å². The SMILES string of the molecule is O=C(CC1(COc2ccc(Cl)cc2)CCCN(C(=O)c2c(F)cccc2F)C1)N1CCOCC1. The number of halogens is 3. The van der Waals surface area contributed by atoms with E-state index in [1.54, 1.807) is 29.2 Å². The van der Waals surface area contributed by atoms with Crippen molar-refractivity contribution in [2.24, 2.45) is 5.41 Å². The fraction of sp³-hybridized carbons (Fsp3) is 0.440. The number of rotatable bonds is 6. The summed E-state index contributed by atoms with van der Waals surface area (Å²) in [7, 11) is 0. The minimum absolute atomic E-state index is 0.0469. The average Bonchev–Trinajstić information content (AvgIpc) is 2.84. The first-order valence-electron chi connectivity index (χ1n) is 11.3. The van der Waals surface area contributed by atoms with Crippen LogP contribution in [0.3, 0.4) is 0 Å². The second-order valence-electron chi connectivity index (χ2n) is 8.84. The summed E-state index contributed by atoms with van der Waals surface area (Å²) >= 11 is 5.96. The van der Waals surface area contributed by atoms with Crippen molar-refractivity contribution < 1.29 is 27.8 Å². The predicted octanol–water partition coefficient (Wildman–Crippen LogP) is 4.17. The van der Waals surface area contributed by atoms with E-state index < -0.39 is 28.5 Å². The van der Waals surface area contributed by atoms with Gasteiger partial charge in [0.25, 0.3) is 5.91 Å². The second-order valence-corrected chi connectivity index (χ2v) is 9.28. The first-order valence-corrected chi connectivity index (χ1v) is 11.7. The van der Waals surface area contributed by atoms with Crippen LogP contribution in [-0.4, -0.2) is 67.6 Å². The lowest BCUT2D eigenvalue weighted by Crippen LogP contribution is -2.52. The number of hydrogen-bond acceptors (Lipinski definition) is 4. The third-order valence-electron chi connectivity index (χ3n) is 6.37. The molecule has 2 aliphatic heterocycles. The number of hydrogen-bond donors (Lipinski definition) is 0. The van der Waals surface area contributed by atoms with E-state index in [-0.39, 0.29) is 25.5 Å². The molecule has 1 atom stereocenters. The Balaban J connectivity index is 1.56. The Morgan fingerprint density at radius 3 is 2.35 bits per heavy atom. The minimum atomic E-state index is -0.900. The van der Waals surface area contributed by atoms with Gasteiger partial charge in [-0.3, -0.25) is 9.59 Å². The van der Waals surface area contributed by atoms with Gasteiger partial charge in [0.1, 0.15) is 22.9 Å². The average molecular weight is 493 g/mol. The molecule has 2 aromatic rings. The highest BCUT2D eigenvalue weighted by molar-refractivity contribution is 6.30. The second kappa shape index (κ2) is 10.7. The maximum atomic E-state index is 14.3. The number of piperidine rings is 1. The summed E-state index contributed by atoms with van der Waals surface area (Å²) in [5, 5.41) is 0.575. The third-order valence-corrected chi connectivity index (χ3v) is 6.63. The standard InChI is InChI=1S/C25H27ClF2N2O4/c26-18-5-7-19(8-6-18)34-17-25(15-22(31)29-11-13-33-14-12-29)9-2-10-30(16-25)24(32)23-20(27)3-1-4-21(23)28/h1,3-8H,2,9-17H2. The quantitative estimate of drug-likeness (QED) is 0.607. The number of morpholine rings is 1. The van der Waals surface area contributed by atoms with Crippen LogP contribution in [0.1, 0.15) is 29.6 Å². The van der Waals surface area contributed by atoms with Crippen LogP contribution in [-0.2, 0) is 9.53 Å². The molecule has 2 saturated heterocycles. The molecule has 0 aromatic heterocycles. The molecule has 0 radical (unpaired) electrons. The maximum absolute atomic E-state index is 14.3. The molecule has 2 heterocycles. The molecule has 4 rings (SSSR count). The predicted molar refractivity (Wildman–Crippen MR) is 123 cm³/mol. The van der Waals surface area contributed by atoms with Crippen LogP contribution in [0.5, 0.6) is 5.75 Å². The van der Waals surface area contributed by atoms with E-state index in [1.807, 2.05) is 0 Å². The molecule has 2 aromatic carbocycles. The summed E-state index contributed by atoms with van der Waals surface area (Å²) in [5.74, 6) is -1.98. The minimum Gasteiger partial charge on any atom is -0.493 e. The first kappa shape index (κ1) is 24.4. The molecule has 6 nitrogen and oxygen atoms in total. The number of amides is 2. The zero-order chi connectivity index (χ0) is 24.1. The van der Waals surface area contributed by atoms with Crippen LogP contribution in [0, 0.1) is 17.0 Å². The number of likely N-dealkylation sites (tertiary alicyclic amines) is 1. The fourth-order valence-electron chi connectivity index (χ4n) is 4.57. The highest BCUT2D eigenvalue weighted by Gasteiger charge is 2.42. The lowest BCUT2D eigenvalue weighted by Gasteiger charge is -2.43. The molecule has 9 heteroatoms. The van der Waals surface area contributed by atoms with Gasteiger partial charge in [-0.1, -0.05) is 17.7 Å². The zero-order valence-electron chi connectivity index (χ0n) is 18.8. The maximum Gasteiger partial charge on any atom is 0.259 e. The molecule has 2 fully saturated rings. The van der Waals surface area contributed by atoms with Gasteiger partial charge < -0.3 is 19.3 Å². The van der Waals surface area contributed by atoms with Crippen LogP contribution in [0.15, 0.2) is 42.5 Å². The summed E-state index contributed by atoms with van der Waals surface area (Å²) in [6, 6.07) is 10.3. The number of carbonyl (C=O) groups is 2.